The molecule has 8 aromatic carbocycles. The number of ether oxygens (including phenoxy) is 2. The smallest absolute Gasteiger partial charge is 0.128 e. The molecule has 2 nitrogen and oxygen atoms in total. The second-order valence-electron chi connectivity index (χ2n) is 12.9. The summed E-state index contributed by atoms with van der Waals surface area (Å²) in [6.07, 6.45) is 0. The molecule has 0 aliphatic heterocycles. The molecule has 0 saturated carbocycles. The highest BCUT2D eigenvalue weighted by molar-refractivity contribution is 7.80. The monoisotopic (exact) mass is 734 g/mol. The van der Waals surface area contributed by atoms with Crippen LogP contribution in [0.3, 0.4) is 0 Å². The molecule has 0 unspecified atom stereocenters. The largest absolute Gasteiger partial charge is 0.488 e. The minimum atomic E-state index is -1.01. The Kier molecular flexibility index (Phi) is 11.3. The molecule has 0 aromatic heterocycles. The van der Waals surface area contributed by atoms with Gasteiger partial charge in [0.25, 0.3) is 0 Å². The van der Waals surface area contributed by atoms with Crippen LogP contribution in [0.1, 0.15) is 11.1 Å². The lowest BCUT2D eigenvalue weighted by Crippen LogP contribution is -2.26. The van der Waals surface area contributed by atoms with Crippen LogP contribution in [-0.4, -0.2) is 0 Å². The van der Waals surface area contributed by atoms with Gasteiger partial charge in [-0.05, 0) is 70.9 Å². The molecular weight excluding hydrogens is 694 g/mol. The summed E-state index contributed by atoms with van der Waals surface area (Å²) < 4.78 is 13.9. The molecule has 54 heavy (non-hydrogen) atoms. The predicted octanol–water partition coefficient (Wildman–Crippen LogP) is 10.0. The molecular formula is C50H40O2P2. The molecule has 8 rings (SSSR count). The molecule has 0 heterocycles. The number of rotatable bonds is 13. The van der Waals surface area contributed by atoms with Crippen molar-refractivity contribution < 1.29 is 9.47 Å². The standard InChI is InChI=1S/C50H40O2P2/c1-7-21-39(22-8-1)37-51-45-33-19-35-47(53(41-25-11-3-12-26-41)42-27-13-4-14-28-42)49(45)50-46(52-38-40-23-9-2-10-24-40)34-20-36-48(50)54(43-29-15-5-16-30-43)44-31-17-6-18-32-44/h1-36H,37-38H2. The third-order valence-electron chi connectivity index (χ3n) is 9.27. The average molecular weight is 735 g/mol. The third-order valence-corrected chi connectivity index (χ3v) is 14.2. The fourth-order valence-electron chi connectivity index (χ4n) is 6.79. The Balaban J connectivity index is 1.42. The molecule has 0 amide bonds. The fraction of sp³-hybridized carbons (Fsp3) is 0.0400. The van der Waals surface area contributed by atoms with Crippen LogP contribution in [0, 0.1) is 0 Å². The molecule has 0 fully saturated rings. The number of hydrogen-bond acceptors (Lipinski definition) is 2. The quantitative estimate of drug-likeness (QED) is 0.110. The van der Waals surface area contributed by atoms with Gasteiger partial charge in [-0.2, -0.15) is 0 Å². The fourth-order valence-corrected chi connectivity index (χ4v) is 11.7. The van der Waals surface area contributed by atoms with Crippen molar-refractivity contribution in [2.24, 2.45) is 0 Å². The van der Waals surface area contributed by atoms with Crippen LogP contribution in [0.15, 0.2) is 218 Å². The van der Waals surface area contributed by atoms with E-state index in [0.717, 1.165) is 33.8 Å². The van der Waals surface area contributed by atoms with Gasteiger partial charge < -0.3 is 9.47 Å². The summed E-state index contributed by atoms with van der Waals surface area (Å²) in [7, 11) is -2.01. The maximum Gasteiger partial charge on any atom is 0.128 e. The van der Waals surface area contributed by atoms with Crippen molar-refractivity contribution in [2.45, 2.75) is 13.2 Å². The van der Waals surface area contributed by atoms with Crippen molar-refractivity contribution >= 4 is 47.7 Å². The second kappa shape index (κ2) is 17.4. The lowest BCUT2D eigenvalue weighted by molar-refractivity contribution is 0.303. The minimum Gasteiger partial charge on any atom is -0.488 e. The maximum atomic E-state index is 6.97. The molecule has 0 radical (unpaired) electrons. The number of hydrogen-bond donors (Lipinski definition) is 0. The summed E-state index contributed by atoms with van der Waals surface area (Å²) >= 11 is 0. The predicted molar refractivity (Wildman–Crippen MR) is 231 cm³/mol. The van der Waals surface area contributed by atoms with Gasteiger partial charge in [-0.1, -0.05) is 206 Å². The second-order valence-corrected chi connectivity index (χ2v) is 17.2. The summed E-state index contributed by atoms with van der Waals surface area (Å²) in [6, 6.07) is 77.7. The van der Waals surface area contributed by atoms with E-state index in [9.17, 15) is 0 Å². The average Bonchev–Trinajstić information content (AvgIpc) is 3.25. The lowest BCUT2D eigenvalue weighted by atomic mass is 10.0. The van der Waals surface area contributed by atoms with E-state index in [4.69, 9.17) is 9.47 Å². The summed E-state index contributed by atoms with van der Waals surface area (Å²) in [6.45, 7) is 0.890. The minimum absolute atomic E-state index is 0.445. The third kappa shape index (κ3) is 8.07. The van der Waals surface area contributed by atoms with Gasteiger partial charge in [-0.25, -0.2) is 0 Å². The van der Waals surface area contributed by atoms with Gasteiger partial charge in [0.1, 0.15) is 24.7 Å². The zero-order chi connectivity index (χ0) is 36.4. The van der Waals surface area contributed by atoms with Crippen LogP contribution in [-0.2, 0) is 13.2 Å². The topological polar surface area (TPSA) is 18.5 Å². The first-order valence-corrected chi connectivity index (χ1v) is 20.9. The van der Waals surface area contributed by atoms with Gasteiger partial charge in [-0.3, -0.25) is 0 Å². The van der Waals surface area contributed by atoms with Crippen molar-refractivity contribution in [1.82, 2.24) is 0 Å². The highest BCUT2D eigenvalue weighted by Crippen LogP contribution is 2.47. The SMILES string of the molecule is c1ccc(COc2cccc(P(c3ccccc3)c3ccccc3)c2-c2c(OCc3ccccc3)cccc2P(c2ccccc2)c2ccccc2)cc1. The Bertz CT molecular complexity index is 2120. The highest BCUT2D eigenvalue weighted by Gasteiger charge is 2.30. The van der Waals surface area contributed by atoms with Crippen molar-refractivity contribution in [3.05, 3.63) is 230 Å². The Labute approximate surface area is 321 Å². The first kappa shape index (κ1) is 35.3. The van der Waals surface area contributed by atoms with Crippen LogP contribution in [0.25, 0.3) is 11.1 Å². The summed E-state index contributed by atoms with van der Waals surface area (Å²) in [5.41, 5.74) is 4.38. The molecule has 0 atom stereocenters. The Morgan fingerprint density at radius 1 is 0.278 bits per heavy atom. The lowest BCUT2D eigenvalue weighted by Gasteiger charge is -2.29. The van der Waals surface area contributed by atoms with E-state index < -0.39 is 15.8 Å². The Hall–Kier alpha value is -5.78. The Morgan fingerprint density at radius 3 is 0.852 bits per heavy atom. The van der Waals surface area contributed by atoms with Crippen LogP contribution >= 0.6 is 15.8 Å². The van der Waals surface area contributed by atoms with E-state index in [2.05, 4.69) is 206 Å². The van der Waals surface area contributed by atoms with Gasteiger partial charge >= 0.3 is 0 Å². The van der Waals surface area contributed by atoms with E-state index in [-0.39, 0.29) is 0 Å². The van der Waals surface area contributed by atoms with Crippen molar-refractivity contribution in [1.29, 1.82) is 0 Å². The molecule has 0 bridgehead atoms. The highest BCUT2D eigenvalue weighted by atomic mass is 31.1. The molecule has 0 spiro atoms. The van der Waals surface area contributed by atoms with Crippen LogP contribution in [0.5, 0.6) is 11.5 Å². The van der Waals surface area contributed by atoms with E-state index >= 15 is 0 Å². The molecule has 0 aliphatic carbocycles. The Morgan fingerprint density at radius 2 is 0.556 bits per heavy atom. The van der Waals surface area contributed by atoms with Crippen molar-refractivity contribution in [2.75, 3.05) is 0 Å². The summed E-state index contributed by atoms with van der Waals surface area (Å²) in [5, 5.41) is 7.55. The summed E-state index contributed by atoms with van der Waals surface area (Å²) in [4.78, 5) is 0. The van der Waals surface area contributed by atoms with Gasteiger partial charge in [0.15, 0.2) is 0 Å². The molecule has 4 heteroatoms. The molecule has 0 saturated heterocycles. The summed E-state index contributed by atoms with van der Waals surface area (Å²) in [5.74, 6) is 1.67. The number of benzene rings is 8. The maximum absolute atomic E-state index is 6.97. The van der Waals surface area contributed by atoms with E-state index in [1.54, 1.807) is 0 Å². The van der Waals surface area contributed by atoms with Gasteiger partial charge in [0, 0.05) is 11.1 Å². The van der Waals surface area contributed by atoms with Crippen LogP contribution in [0.2, 0.25) is 0 Å². The van der Waals surface area contributed by atoms with Crippen molar-refractivity contribution in [3.63, 3.8) is 0 Å². The first-order valence-electron chi connectivity index (χ1n) is 18.2. The first-order chi connectivity index (χ1) is 26.8. The van der Waals surface area contributed by atoms with E-state index in [1.807, 2.05) is 12.1 Å². The normalized spacial score (nSPS) is 11.1. The van der Waals surface area contributed by atoms with Gasteiger partial charge in [0.05, 0.1) is 0 Å². The van der Waals surface area contributed by atoms with E-state index in [1.165, 1.54) is 31.8 Å². The van der Waals surface area contributed by atoms with Crippen molar-refractivity contribution in [3.8, 4) is 22.6 Å². The molecule has 8 aromatic rings. The van der Waals surface area contributed by atoms with Crippen LogP contribution in [0.4, 0.5) is 0 Å². The molecule has 262 valence electrons. The zero-order valence-corrected chi connectivity index (χ0v) is 31.7. The van der Waals surface area contributed by atoms with E-state index in [0.29, 0.717) is 13.2 Å². The molecule has 0 N–H and O–H groups in total. The van der Waals surface area contributed by atoms with Gasteiger partial charge in [0.2, 0.25) is 0 Å². The van der Waals surface area contributed by atoms with Crippen LogP contribution < -0.4 is 41.3 Å². The zero-order valence-electron chi connectivity index (χ0n) is 29.9. The van der Waals surface area contributed by atoms with Gasteiger partial charge in [-0.15, -0.1) is 0 Å². The molecule has 0 aliphatic rings.